The Labute approximate surface area is 205 Å². The summed E-state index contributed by atoms with van der Waals surface area (Å²) in [5, 5.41) is 0.572. The molecule has 0 unspecified atom stereocenters. The molecule has 34 heavy (non-hydrogen) atoms. The summed E-state index contributed by atoms with van der Waals surface area (Å²) in [5.74, 6) is 0.0689. The van der Waals surface area contributed by atoms with Crippen molar-refractivity contribution in [1.82, 2.24) is 0 Å². The lowest BCUT2D eigenvalue weighted by Gasteiger charge is -2.11. The maximum atomic E-state index is 12.5. The lowest BCUT2D eigenvalue weighted by molar-refractivity contribution is -0.129. The molecule has 0 fully saturated rings. The fourth-order valence-electron chi connectivity index (χ4n) is 3.09. The van der Waals surface area contributed by atoms with Crippen LogP contribution in [-0.4, -0.2) is 32.1 Å². The fourth-order valence-corrected chi connectivity index (χ4v) is 3.58. The van der Waals surface area contributed by atoms with Gasteiger partial charge in [0.2, 0.25) is 5.90 Å². The van der Waals surface area contributed by atoms with E-state index in [2.05, 4.69) is 4.99 Å². The molecule has 1 aliphatic rings. The van der Waals surface area contributed by atoms with Gasteiger partial charge in [0.05, 0.1) is 24.8 Å². The largest absolute Gasteiger partial charge is 0.497 e. The molecule has 0 atom stereocenters. The number of carbonyl (C=O) groups is 2. The summed E-state index contributed by atoms with van der Waals surface area (Å²) < 4.78 is 21.2. The van der Waals surface area contributed by atoms with E-state index >= 15 is 0 Å². The highest BCUT2D eigenvalue weighted by Gasteiger charge is 2.24. The first-order valence-corrected chi connectivity index (χ1v) is 10.7. The predicted octanol–water partition coefficient (Wildman–Crippen LogP) is 5.57. The fraction of sp³-hybridized carbons (Fsp3) is 0.0800. The Balaban J connectivity index is 1.56. The quantitative estimate of drug-likeness (QED) is 0.251. The van der Waals surface area contributed by atoms with Crippen LogP contribution in [0.4, 0.5) is 0 Å². The van der Waals surface area contributed by atoms with Crippen molar-refractivity contribution in [2.45, 2.75) is 0 Å². The third-order valence-electron chi connectivity index (χ3n) is 4.80. The SMILES string of the molecule is COc1ccc(C2=N/C(=C\c3ccc(OC(=O)c4ccc(Cl)cc4Cl)c(OC)c3)C(=O)O2)cc1. The van der Waals surface area contributed by atoms with Gasteiger partial charge in [-0.3, -0.25) is 0 Å². The average molecular weight is 498 g/mol. The van der Waals surface area contributed by atoms with Gasteiger partial charge in [-0.2, -0.15) is 0 Å². The van der Waals surface area contributed by atoms with Crippen molar-refractivity contribution in [3.05, 3.63) is 93.1 Å². The van der Waals surface area contributed by atoms with E-state index in [1.807, 2.05) is 0 Å². The Morgan fingerprint density at radius 3 is 2.38 bits per heavy atom. The van der Waals surface area contributed by atoms with Crippen LogP contribution in [0.15, 0.2) is 71.4 Å². The van der Waals surface area contributed by atoms with Gasteiger partial charge in [-0.1, -0.05) is 29.3 Å². The summed E-state index contributed by atoms with van der Waals surface area (Å²) in [6.07, 6.45) is 1.54. The van der Waals surface area contributed by atoms with E-state index < -0.39 is 11.9 Å². The lowest BCUT2D eigenvalue weighted by atomic mass is 10.1. The van der Waals surface area contributed by atoms with Crippen molar-refractivity contribution in [2.24, 2.45) is 4.99 Å². The van der Waals surface area contributed by atoms with E-state index in [0.717, 1.165) is 0 Å². The van der Waals surface area contributed by atoms with Gasteiger partial charge in [0.15, 0.2) is 17.2 Å². The summed E-state index contributed by atoms with van der Waals surface area (Å²) in [6.45, 7) is 0. The second-order valence-electron chi connectivity index (χ2n) is 6.99. The minimum absolute atomic E-state index is 0.116. The van der Waals surface area contributed by atoms with E-state index in [-0.39, 0.29) is 33.7 Å². The molecule has 172 valence electrons. The van der Waals surface area contributed by atoms with Crippen LogP contribution in [0, 0.1) is 0 Å². The number of benzene rings is 3. The van der Waals surface area contributed by atoms with Crippen LogP contribution >= 0.6 is 23.2 Å². The highest BCUT2D eigenvalue weighted by Crippen LogP contribution is 2.31. The number of halogens is 2. The molecule has 0 amide bonds. The van der Waals surface area contributed by atoms with Crippen molar-refractivity contribution in [3.8, 4) is 17.2 Å². The highest BCUT2D eigenvalue weighted by molar-refractivity contribution is 6.36. The van der Waals surface area contributed by atoms with E-state index in [4.69, 9.17) is 42.1 Å². The van der Waals surface area contributed by atoms with Gasteiger partial charge >= 0.3 is 11.9 Å². The number of hydrogen-bond donors (Lipinski definition) is 0. The summed E-state index contributed by atoms with van der Waals surface area (Å²) in [5.41, 5.74) is 1.50. The number of methoxy groups -OCH3 is 2. The number of nitrogens with zero attached hydrogens (tertiary/aromatic N) is 1. The third kappa shape index (κ3) is 5.06. The Morgan fingerprint density at radius 2 is 1.71 bits per heavy atom. The number of cyclic esters (lactones) is 1. The van der Waals surface area contributed by atoms with E-state index in [1.54, 1.807) is 55.7 Å². The van der Waals surface area contributed by atoms with Crippen molar-refractivity contribution in [1.29, 1.82) is 0 Å². The van der Waals surface area contributed by atoms with Crippen molar-refractivity contribution < 1.29 is 28.5 Å². The predicted molar refractivity (Wildman–Crippen MR) is 128 cm³/mol. The zero-order valence-electron chi connectivity index (χ0n) is 18.0. The van der Waals surface area contributed by atoms with Crippen LogP contribution in [0.5, 0.6) is 17.2 Å². The molecule has 1 heterocycles. The van der Waals surface area contributed by atoms with Crippen molar-refractivity contribution in [3.63, 3.8) is 0 Å². The summed E-state index contributed by atoms with van der Waals surface area (Å²) in [4.78, 5) is 29.1. The Morgan fingerprint density at radius 1 is 0.941 bits per heavy atom. The van der Waals surface area contributed by atoms with Crippen LogP contribution in [0.2, 0.25) is 10.0 Å². The standard InChI is InChI=1S/C25H17Cl2NO6/c1-31-17-7-4-15(5-8-17)23-28-20(25(30)34-23)11-14-3-10-21(22(12-14)32-2)33-24(29)18-9-6-16(26)13-19(18)27/h3-13H,1-2H3/b20-11-. The summed E-state index contributed by atoms with van der Waals surface area (Å²) in [6, 6.07) is 16.2. The van der Waals surface area contributed by atoms with Crippen LogP contribution in [-0.2, 0) is 9.53 Å². The molecule has 3 aromatic carbocycles. The number of ether oxygens (including phenoxy) is 4. The van der Waals surface area contributed by atoms with E-state index in [0.29, 0.717) is 21.9 Å². The van der Waals surface area contributed by atoms with Crippen LogP contribution in [0.3, 0.4) is 0 Å². The van der Waals surface area contributed by atoms with Gasteiger partial charge in [0, 0.05) is 10.6 Å². The number of aliphatic imine (C=N–C) groups is 1. The molecule has 1 aliphatic heterocycles. The topological polar surface area (TPSA) is 83.4 Å². The van der Waals surface area contributed by atoms with Gasteiger partial charge in [-0.15, -0.1) is 0 Å². The van der Waals surface area contributed by atoms with E-state index in [9.17, 15) is 9.59 Å². The monoisotopic (exact) mass is 497 g/mol. The molecule has 7 nitrogen and oxygen atoms in total. The molecule has 0 bridgehead atoms. The molecule has 0 saturated carbocycles. The highest BCUT2D eigenvalue weighted by atomic mass is 35.5. The van der Waals surface area contributed by atoms with Crippen molar-refractivity contribution >= 4 is 47.1 Å². The molecule has 0 radical (unpaired) electrons. The molecular weight excluding hydrogens is 481 g/mol. The van der Waals surface area contributed by atoms with Gasteiger partial charge in [0.1, 0.15) is 5.75 Å². The van der Waals surface area contributed by atoms with Gasteiger partial charge in [0.25, 0.3) is 0 Å². The molecule has 0 aliphatic carbocycles. The number of hydrogen-bond acceptors (Lipinski definition) is 7. The number of carbonyl (C=O) groups excluding carboxylic acids is 2. The Hall–Kier alpha value is -3.81. The van der Waals surface area contributed by atoms with Gasteiger partial charge in [-0.05, 0) is 66.2 Å². The molecule has 0 spiro atoms. The third-order valence-corrected chi connectivity index (χ3v) is 5.35. The molecule has 0 aromatic heterocycles. The van der Waals surface area contributed by atoms with Crippen LogP contribution < -0.4 is 14.2 Å². The maximum absolute atomic E-state index is 12.5. The zero-order valence-corrected chi connectivity index (χ0v) is 19.5. The van der Waals surface area contributed by atoms with E-state index in [1.165, 1.54) is 25.3 Å². The van der Waals surface area contributed by atoms with Crippen LogP contribution in [0.1, 0.15) is 21.5 Å². The first-order chi connectivity index (χ1) is 16.4. The van der Waals surface area contributed by atoms with Crippen molar-refractivity contribution in [2.75, 3.05) is 14.2 Å². The molecule has 9 heteroatoms. The Kier molecular flexibility index (Phi) is 6.86. The average Bonchev–Trinajstić information content (AvgIpc) is 3.19. The second kappa shape index (κ2) is 9.99. The maximum Gasteiger partial charge on any atom is 0.363 e. The molecule has 0 saturated heterocycles. The first kappa shape index (κ1) is 23.4. The zero-order chi connectivity index (χ0) is 24.2. The minimum Gasteiger partial charge on any atom is -0.497 e. The molecule has 4 rings (SSSR count). The van der Waals surface area contributed by atoms with Gasteiger partial charge in [-0.25, -0.2) is 14.6 Å². The lowest BCUT2D eigenvalue weighted by Crippen LogP contribution is -2.10. The first-order valence-electron chi connectivity index (χ1n) is 9.90. The molecule has 0 N–H and O–H groups in total. The smallest absolute Gasteiger partial charge is 0.363 e. The summed E-state index contributed by atoms with van der Waals surface area (Å²) >= 11 is 12.0. The van der Waals surface area contributed by atoms with Crippen LogP contribution in [0.25, 0.3) is 6.08 Å². The molecular formula is C25H17Cl2NO6. The minimum atomic E-state index is -0.667. The number of rotatable bonds is 6. The summed E-state index contributed by atoms with van der Waals surface area (Å²) in [7, 11) is 3.00. The normalized spacial score (nSPS) is 13.9. The van der Waals surface area contributed by atoms with Gasteiger partial charge < -0.3 is 18.9 Å². The molecule has 3 aromatic rings. The second-order valence-corrected chi connectivity index (χ2v) is 7.83. The number of esters is 2. The Bertz CT molecular complexity index is 1330.